The summed E-state index contributed by atoms with van der Waals surface area (Å²) in [4.78, 5) is 6.02. The molecular weight excluding hydrogens is 254 g/mol. The van der Waals surface area contributed by atoms with Crippen LogP contribution in [0.3, 0.4) is 0 Å². The van der Waals surface area contributed by atoms with Crippen LogP contribution in [0.5, 0.6) is 0 Å². The normalized spacial score (nSPS) is 12.6. The van der Waals surface area contributed by atoms with Crippen LogP contribution in [-0.2, 0) is 0 Å². The van der Waals surface area contributed by atoms with E-state index in [9.17, 15) is 0 Å². The van der Waals surface area contributed by atoms with Crippen molar-refractivity contribution in [3.8, 4) is 0 Å². The van der Waals surface area contributed by atoms with Gasteiger partial charge >= 0.3 is 0 Å². The maximum Gasteiger partial charge on any atom is 0.203 e. The Morgan fingerprint density at radius 1 is 1.42 bits per heavy atom. The van der Waals surface area contributed by atoms with Gasteiger partial charge in [-0.05, 0) is 31.2 Å². The second kappa shape index (κ2) is 6.75. The van der Waals surface area contributed by atoms with Gasteiger partial charge in [0.25, 0.3) is 0 Å². The van der Waals surface area contributed by atoms with Crippen molar-refractivity contribution in [2.75, 3.05) is 11.9 Å². The molecule has 0 bridgehead atoms. The first-order valence-corrected chi connectivity index (χ1v) is 7.97. The molecule has 2 rings (SSSR count). The van der Waals surface area contributed by atoms with Gasteiger partial charge in [0, 0.05) is 17.6 Å². The molecule has 2 aromatic heterocycles. The van der Waals surface area contributed by atoms with Crippen LogP contribution in [0, 0.1) is 6.92 Å². The van der Waals surface area contributed by atoms with Crippen LogP contribution in [0.2, 0.25) is 0 Å². The van der Waals surface area contributed by atoms with Crippen LogP contribution in [0.4, 0.5) is 5.95 Å². The van der Waals surface area contributed by atoms with Crippen LogP contribution >= 0.6 is 11.3 Å². The van der Waals surface area contributed by atoms with Crippen molar-refractivity contribution in [2.24, 2.45) is 0 Å². The highest BCUT2D eigenvalue weighted by molar-refractivity contribution is 7.10. The topological polar surface area (TPSA) is 29.9 Å². The van der Waals surface area contributed by atoms with Crippen LogP contribution in [0.25, 0.3) is 0 Å². The highest BCUT2D eigenvalue weighted by Crippen LogP contribution is 2.29. The molecule has 1 atom stereocenters. The maximum atomic E-state index is 4.62. The standard InChI is InChI=1S/C15H23N3S/c1-4-6-9-16-15-17-12(3)11-18(15)13(5-2)14-8-7-10-19-14/h7-8,10-11,13H,4-6,9H2,1-3H3,(H,16,17). The Labute approximate surface area is 119 Å². The summed E-state index contributed by atoms with van der Waals surface area (Å²) in [5, 5.41) is 5.61. The average Bonchev–Trinajstić information content (AvgIpc) is 3.02. The fraction of sp³-hybridized carbons (Fsp3) is 0.533. The summed E-state index contributed by atoms with van der Waals surface area (Å²) >= 11 is 1.82. The van der Waals surface area contributed by atoms with Crippen molar-refractivity contribution in [3.63, 3.8) is 0 Å². The van der Waals surface area contributed by atoms with Gasteiger partial charge < -0.3 is 9.88 Å². The lowest BCUT2D eigenvalue weighted by Crippen LogP contribution is -2.13. The van der Waals surface area contributed by atoms with Gasteiger partial charge in [0.05, 0.1) is 11.7 Å². The molecule has 0 aliphatic heterocycles. The van der Waals surface area contributed by atoms with E-state index >= 15 is 0 Å². The molecular formula is C15H23N3S. The van der Waals surface area contributed by atoms with Crippen LogP contribution < -0.4 is 5.32 Å². The van der Waals surface area contributed by atoms with Crippen molar-refractivity contribution in [3.05, 3.63) is 34.3 Å². The van der Waals surface area contributed by atoms with E-state index in [-0.39, 0.29) is 0 Å². The lowest BCUT2D eigenvalue weighted by Gasteiger charge is -2.18. The molecule has 0 saturated carbocycles. The molecule has 0 amide bonds. The highest BCUT2D eigenvalue weighted by atomic mass is 32.1. The monoisotopic (exact) mass is 277 g/mol. The Hall–Kier alpha value is -1.29. The van der Waals surface area contributed by atoms with Gasteiger partial charge in [0.2, 0.25) is 5.95 Å². The summed E-state index contributed by atoms with van der Waals surface area (Å²) < 4.78 is 2.29. The average molecular weight is 277 g/mol. The first-order chi connectivity index (χ1) is 9.26. The second-order valence-corrected chi connectivity index (χ2v) is 5.81. The third-order valence-corrected chi connectivity index (χ3v) is 4.23. The summed E-state index contributed by atoms with van der Waals surface area (Å²) in [5.74, 6) is 1.01. The third kappa shape index (κ3) is 3.38. The molecule has 0 spiro atoms. The molecule has 0 aliphatic rings. The van der Waals surface area contributed by atoms with E-state index in [4.69, 9.17) is 0 Å². The van der Waals surface area contributed by atoms with Gasteiger partial charge in [-0.1, -0.05) is 26.3 Å². The molecule has 1 unspecified atom stereocenters. The SMILES string of the molecule is CCCCNc1nc(C)cn1C(CC)c1cccs1. The van der Waals surface area contributed by atoms with Crippen molar-refractivity contribution < 1.29 is 0 Å². The molecule has 3 nitrogen and oxygen atoms in total. The summed E-state index contributed by atoms with van der Waals surface area (Å²) in [6.45, 7) is 7.49. The van der Waals surface area contributed by atoms with Crippen LogP contribution in [0.15, 0.2) is 23.7 Å². The second-order valence-electron chi connectivity index (χ2n) is 4.83. The number of aryl methyl sites for hydroxylation is 1. The molecule has 0 aromatic carbocycles. The smallest absolute Gasteiger partial charge is 0.203 e. The minimum atomic E-state index is 0.394. The Bertz CT molecular complexity index is 487. The number of nitrogens with one attached hydrogen (secondary N) is 1. The van der Waals surface area contributed by atoms with Crippen molar-refractivity contribution in [1.82, 2.24) is 9.55 Å². The number of rotatable bonds is 7. The zero-order chi connectivity index (χ0) is 13.7. The molecule has 4 heteroatoms. The highest BCUT2D eigenvalue weighted by Gasteiger charge is 2.16. The number of hydrogen-bond donors (Lipinski definition) is 1. The zero-order valence-electron chi connectivity index (χ0n) is 12.0. The molecule has 2 aromatic rings. The predicted molar refractivity (Wildman–Crippen MR) is 83.1 cm³/mol. The molecule has 0 fully saturated rings. The summed E-state index contributed by atoms with van der Waals surface area (Å²) in [5.41, 5.74) is 1.08. The lowest BCUT2D eigenvalue weighted by atomic mass is 10.2. The Morgan fingerprint density at radius 3 is 2.89 bits per heavy atom. The first-order valence-electron chi connectivity index (χ1n) is 7.09. The van der Waals surface area contributed by atoms with Crippen molar-refractivity contribution >= 4 is 17.3 Å². The minimum Gasteiger partial charge on any atom is -0.356 e. The Morgan fingerprint density at radius 2 is 2.26 bits per heavy atom. The van der Waals surface area contributed by atoms with Crippen molar-refractivity contribution in [1.29, 1.82) is 0 Å². The van der Waals surface area contributed by atoms with E-state index in [1.54, 1.807) is 0 Å². The molecule has 0 radical (unpaired) electrons. The van der Waals surface area contributed by atoms with Gasteiger partial charge in [-0.25, -0.2) is 4.98 Å². The number of imidazole rings is 1. The predicted octanol–water partition coefficient (Wildman–Crippen LogP) is 4.46. The van der Waals surface area contributed by atoms with Gasteiger partial charge in [-0.3, -0.25) is 0 Å². The molecule has 2 heterocycles. The number of nitrogens with zero attached hydrogens (tertiary/aromatic N) is 2. The lowest BCUT2D eigenvalue weighted by molar-refractivity contribution is 0.579. The minimum absolute atomic E-state index is 0.394. The molecule has 0 saturated heterocycles. The van der Waals surface area contributed by atoms with Crippen LogP contribution in [0.1, 0.15) is 49.7 Å². The van der Waals surface area contributed by atoms with E-state index in [1.807, 2.05) is 11.3 Å². The fourth-order valence-electron chi connectivity index (χ4n) is 2.28. The largest absolute Gasteiger partial charge is 0.356 e. The van der Waals surface area contributed by atoms with E-state index in [0.717, 1.165) is 24.6 Å². The first kappa shape index (κ1) is 14.1. The van der Waals surface area contributed by atoms with Crippen molar-refractivity contribution in [2.45, 2.75) is 46.1 Å². The summed E-state index contributed by atoms with van der Waals surface area (Å²) in [6, 6.07) is 4.73. The maximum absolute atomic E-state index is 4.62. The van der Waals surface area contributed by atoms with E-state index in [2.05, 4.69) is 59.3 Å². The van der Waals surface area contributed by atoms with Crippen LogP contribution in [-0.4, -0.2) is 16.1 Å². The quantitative estimate of drug-likeness (QED) is 0.757. The molecule has 0 aliphatic carbocycles. The molecule has 19 heavy (non-hydrogen) atoms. The number of unbranched alkanes of at least 4 members (excludes halogenated alkanes) is 1. The fourth-order valence-corrected chi connectivity index (χ4v) is 3.19. The summed E-state index contributed by atoms with van der Waals surface area (Å²) in [7, 11) is 0. The van der Waals surface area contributed by atoms with Gasteiger partial charge in [0.1, 0.15) is 0 Å². The number of hydrogen-bond acceptors (Lipinski definition) is 3. The van der Waals surface area contributed by atoms with E-state index in [0.29, 0.717) is 6.04 Å². The number of thiophene rings is 1. The zero-order valence-corrected chi connectivity index (χ0v) is 12.8. The Kier molecular flexibility index (Phi) is 5.02. The summed E-state index contributed by atoms with van der Waals surface area (Å²) in [6.07, 6.45) is 5.62. The van der Waals surface area contributed by atoms with E-state index in [1.165, 1.54) is 17.7 Å². The van der Waals surface area contributed by atoms with Gasteiger partial charge in [-0.15, -0.1) is 11.3 Å². The molecule has 104 valence electrons. The number of anilines is 1. The third-order valence-electron chi connectivity index (χ3n) is 3.26. The number of aromatic nitrogens is 2. The molecule has 1 N–H and O–H groups in total. The Balaban J connectivity index is 2.22. The van der Waals surface area contributed by atoms with Gasteiger partial charge in [-0.2, -0.15) is 0 Å². The van der Waals surface area contributed by atoms with Gasteiger partial charge in [0.15, 0.2) is 0 Å². The van der Waals surface area contributed by atoms with E-state index < -0.39 is 0 Å².